The Balaban J connectivity index is 1.17. The molecule has 0 radical (unpaired) electrons. The number of aliphatic imine (C=N–C) groups is 1. The number of hydrogen-bond acceptors (Lipinski definition) is 9. The topological polar surface area (TPSA) is 158 Å². The molecular formula is C30H29ClF2N10O3. The standard InChI is InChI=1S/C30H29ClF2N10O3/c1-30(10-11-30)39-29(45)46-14-23(18-6-9-21(31)20(12-18)25-35-15-37-42(25)27(32)33)41-26(44)24(38-28(41)34)17-4-2-16(3-5-17)22-13-36-43(40-22)19-7-8-19/h2-6,9,12-13,15,19,23-24,27H,7-8,10-11,14H2,1H3,(H2,34,38)(H,39,45)/t23-,24-/m1/s1. The van der Waals surface area contributed by atoms with E-state index in [0.29, 0.717) is 21.9 Å². The molecule has 2 aromatic carbocycles. The number of nitrogens with one attached hydrogen (secondary N) is 1. The highest BCUT2D eigenvalue weighted by atomic mass is 35.5. The van der Waals surface area contributed by atoms with Gasteiger partial charge in [0, 0.05) is 16.7 Å². The molecule has 0 unspecified atom stereocenters. The second-order valence-electron chi connectivity index (χ2n) is 11.8. The molecule has 0 spiro atoms. The number of nitrogens with zero attached hydrogens (tertiary/aromatic N) is 8. The van der Waals surface area contributed by atoms with Crippen LogP contribution in [0.5, 0.6) is 0 Å². The maximum atomic E-state index is 14.0. The van der Waals surface area contributed by atoms with Crippen molar-refractivity contribution in [1.82, 2.24) is 40.0 Å². The SMILES string of the molecule is CC1(NC(=O)OC[C@H](c2ccc(Cl)c(-c3ncnn3C(F)F)c2)N2C(=O)[C@@H](c3ccc(-c4cnn(C5CC5)n4)cc3)N=C2N)CC1. The summed E-state index contributed by atoms with van der Waals surface area (Å²) < 4.78 is 33.3. The predicted molar refractivity (Wildman–Crippen MR) is 162 cm³/mol. The Morgan fingerprint density at radius 2 is 1.93 bits per heavy atom. The molecule has 1 aliphatic heterocycles. The number of ether oxygens (including phenoxy) is 1. The molecule has 2 saturated carbocycles. The van der Waals surface area contributed by atoms with Crippen molar-refractivity contribution in [2.24, 2.45) is 10.7 Å². The van der Waals surface area contributed by atoms with E-state index in [0.717, 1.165) is 43.3 Å². The van der Waals surface area contributed by atoms with Crippen LogP contribution >= 0.6 is 11.6 Å². The average molecular weight is 651 g/mol. The molecule has 46 heavy (non-hydrogen) atoms. The third-order valence-corrected chi connectivity index (χ3v) is 8.68. The van der Waals surface area contributed by atoms with Crippen LogP contribution < -0.4 is 11.1 Å². The quantitative estimate of drug-likeness (QED) is 0.248. The number of aromatic nitrogens is 6. The summed E-state index contributed by atoms with van der Waals surface area (Å²) in [6, 6.07) is 10.2. The van der Waals surface area contributed by atoms with Crippen molar-refractivity contribution in [1.29, 1.82) is 0 Å². The average Bonchev–Trinajstić information content (AvgIpc) is 3.84. The fourth-order valence-electron chi connectivity index (χ4n) is 5.33. The highest BCUT2D eigenvalue weighted by Gasteiger charge is 2.42. The van der Waals surface area contributed by atoms with Gasteiger partial charge in [-0.05, 0) is 55.9 Å². The molecule has 16 heteroatoms. The first kappa shape index (κ1) is 29.8. The van der Waals surface area contributed by atoms with Gasteiger partial charge in [-0.25, -0.2) is 14.8 Å². The van der Waals surface area contributed by atoms with Crippen LogP contribution in [0.4, 0.5) is 13.6 Å². The van der Waals surface area contributed by atoms with Gasteiger partial charge in [0.25, 0.3) is 5.91 Å². The van der Waals surface area contributed by atoms with Gasteiger partial charge in [-0.15, -0.1) is 0 Å². The van der Waals surface area contributed by atoms with Gasteiger partial charge < -0.3 is 15.8 Å². The fraction of sp³-hybridized carbons (Fsp3) is 0.367. The minimum absolute atomic E-state index is 0.0955. The molecule has 3 N–H and O–H groups in total. The molecule has 7 rings (SSSR count). The molecule has 0 saturated heterocycles. The fourth-order valence-corrected chi connectivity index (χ4v) is 5.53. The minimum atomic E-state index is -2.97. The highest BCUT2D eigenvalue weighted by Crippen LogP contribution is 2.38. The minimum Gasteiger partial charge on any atom is -0.447 e. The van der Waals surface area contributed by atoms with Gasteiger partial charge >= 0.3 is 12.6 Å². The summed E-state index contributed by atoms with van der Waals surface area (Å²) >= 11 is 6.41. The molecule has 2 amide bonds. The lowest BCUT2D eigenvalue weighted by molar-refractivity contribution is -0.129. The van der Waals surface area contributed by atoms with E-state index < -0.39 is 30.6 Å². The molecule has 238 valence electrons. The number of alkyl carbamates (subject to hydrolysis) is 1. The van der Waals surface area contributed by atoms with Gasteiger partial charge in [0.05, 0.1) is 23.3 Å². The molecule has 4 aromatic rings. The van der Waals surface area contributed by atoms with Crippen molar-refractivity contribution in [2.45, 2.75) is 62.8 Å². The van der Waals surface area contributed by atoms with Crippen LogP contribution in [0.3, 0.4) is 0 Å². The molecule has 2 fully saturated rings. The maximum Gasteiger partial charge on any atom is 0.407 e. The summed E-state index contributed by atoms with van der Waals surface area (Å²) in [6.45, 7) is -1.38. The van der Waals surface area contributed by atoms with Crippen molar-refractivity contribution in [2.75, 3.05) is 6.61 Å². The van der Waals surface area contributed by atoms with E-state index in [4.69, 9.17) is 22.1 Å². The molecule has 2 atom stereocenters. The van der Waals surface area contributed by atoms with Gasteiger partial charge in [-0.3, -0.25) is 9.69 Å². The van der Waals surface area contributed by atoms with Gasteiger partial charge in [0.2, 0.25) is 0 Å². The van der Waals surface area contributed by atoms with Crippen LogP contribution in [-0.4, -0.2) is 64.8 Å². The van der Waals surface area contributed by atoms with E-state index >= 15 is 0 Å². The summed E-state index contributed by atoms with van der Waals surface area (Å²) in [5.74, 6) is -0.729. The van der Waals surface area contributed by atoms with E-state index in [1.165, 1.54) is 17.0 Å². The van der Waals surface area contributed by atoms with Crippen molar-refractivity contribution < 1.29 is 23.1 Å². The Morgan fingerprint density at radius 1 is 1.17 bits per heavy atom. The molecule has 2 aliphatic carbocycles. The number of carbonyl (C=O) groups is 2. The number of halogens is 3. The molecule has 13 nitrogen and oxygen atoms in total. The monoisotopic (exact) mass is 650 g/mol. The van der Waals surface area contributed by atoms with Crippen molar-refractivity contribution >= 4 is 29.6 Å². The number of amides is 2. The molecule has 3 heterocycles. The Hall–Kier alpha value is -4.92. The number of hydrogen-bond donors (Lipinski definition) is 2. The summed E-state index contributed by atoms with van der Waals surface area (Å²) in [4.78, 5) is 38.1. The van der Waals surface area contributed by atoms with Crippen molar-refractivity contribution in [3.8, 4) is 22.6 Å². The molecular weight excluding hydrogens is 622 g/mol. The summed E-state index contributed by atoms with van der Waals surface area (Å²) in [5, 5.41) is 15.4. The van der Waals surface area contributed by atoms with Gasteiger partial charge in [-0.2, -0.15) is 33.6 Å². The Morgan fingerprint density at radius 3 is 2.63 bits per heavy atom. The Kier molecular flexibility index (Phi) is 7.42. The smallest absolute Gasteiger partial charge is 0.407 e. The zero-order valence-electron chi connectivity index (χ0n) is 24.6. The van der Waals surface area contributed by atoms with Crippen LogP contribution in [0.2, 0.25) is 5.02 Å². The summed E-state index contributed by atoms with van der Waals surface area (Å²) in [6.07, 6.45) is 5.81. The van der Waals surface area contributed by atoms with Crippen LogP contribution in [0.1, 0.15) is 68.4 Å². The Labute approximate surface area is 266 Å². The number of benzene rings is 2. The van der Waals surface area contributed by atoms with Gasteiger partial charge in [-0.1, -0.05) is 41.9 Å². The number of nitrogens with two attached hydrogens (primary N) is 1. The highest BCUT2D eigenvalue weighted by molar-refractivity contribution is 6.33. The third-order valence-electron chi connectivity index (χ3n) is 8.35. The summed E-state index contributed by atoms with van der Waals surface area (Å²) in [5.41, 5.74) is 8.71. The molecule has 0 bridgehead atoms. The van der Waals surface area contributed by atoms with E-state index in [9.17, 15) is 18.4 Å². The largest absolute Gasteiger partial charge is 0.447 e. The van der Waals surface area contributed by atoms with Crippen molar-refractivity contribution in [3.05, 3.63) is 71.1 Å². The first-order valence-electron chi connectivity index (χ1n) is 14.7. The van der Waals surface area contributed by atoms with E-state index in [-0.39, 0.29) is 34.5 Å². The lowest BCUT2D eigenvalue weighted by atomic mass is 10.0. The number of carbonyl (C=O) groups excluding carboxylic acids is 2. The number of rotatable bonds is 10. The van der Waals surface area contributed by atoms with Crippen LogP contribution in [-0.2, 0) is 9.53 Å². The lowest BCUT2D eigenvalue weighted by Gasteiger charge is -2.28. The van der Waals surface area contributed by atoms with Crippen molar-refractivity contribution in [3.63, 3.8) is 0 Å². The number of alkyl halides is 2. The van der Waals surface area contributed by atoms with Gasteiger partial charge in [0.1, 0.15) is 18.6 Å². The normalized spacial score (nSPS) is 19.3. The van der Waals surface area contributed by atoms with E-state index in [1.54, 1.807) is 29.2 Å². The maximum absolute atomic E-state index is 14.0. The van der Waals surface area contributed by atoms with Gasteiger partial charge in [0.15, 0.2) is 17.8 Å². The second kappa shape index (κ2) is 11.5. The molecule has 3 aliphatic rings. The zero-order valence-corrected chi connectivity index (χ0v) is 25.3. The Bertz CT molecular complexity index is 1830. The van der Waals surface area contributed by atoms with Crippen LogP contribution in [0, 0.1) is 0 Å². The molecule has 2 aromatic heterocycles. The zero-order chi connectivity index (χ0) is 32.2. The van der Waals surface area contributed by atoms with Crippen LogP contribution in [0.15, 0.2) is 60.0 Å². The number of guanidine groups is 1. The van der Waals surface area contributed by atoms with Crippen LogP contribution in [0.25, 0.3) is 22.6 Å². The lowest BCUT2D eigenvalue weighted by Crippen LogP contribution is -2.44. The third kappa shape index (κ3) is 5.77. The first-order chi connectivity index (χ1) is 22.1. The van der Waals surface area contributed by atoms with E-state index in [1.807, 2.05) is 19.1 Å². The van der Waals surface area contributed by atoms with E-state index in [2.05, 4.69) is 30.6 Å². The predicted octanol–water partition coefficient (Wildman–Crippen LogP) is 4.81. The summed E-state index contributed by atoms with van der Waals surface area (Å²) in [7, 11) is 0. The second-order valence-corrected chi connectivity index (χ2v) is 12.3. The first-order valence-corrected chi connectivity index (χ1v) is 15.1.